The van der Waals surface area contributed by atoms with E-state index < -0.39 is 0 Å². The number of halogens is 1. The summed E-state index contributed by atoms with van der Waals surface area (Å²) in [6, 6.07) is 5.53. The third-order valence-electron chi connectivity index (χ3n) is 9.91. The average Bonchev–Trinajstić information content (AvgIpc) is 2.89. The van der Waals surface area contributed by atoms with Crippen LogP contribution in [0.25, 0.3) is 0 Å². The van der Waals surface area contributed by atoms with Crippen LogP contribution >= 0.6 is 0 Å². The Morgan fingerprint density at radius 1 is 0.829 bits per heavy atom. The number of hydrogen-bond acceptors (Lipinski definition) is 1. The SMILES string of the molecule is C/C=C/COc1ccc(C2CCC(C3CCC4CC(CCCCCCC)CCC4C3)CC2)c(F)c1. The van der Waals surface area contributed by atoms with Crippen molar-refractivity contribution in [1.82, 2.24) is 0 Å². The highest BCUT2D eigenvalue weighted by Gasteiger charge is 2.38. The van der Waals surface area contributed by atoms with Gasteiger partial charge in [-0.15, -0.1) is 0 Å². The first-order chi connectivity index (χ1) is 17.2. The van der Waals surface area contributed by atoms with Crippen molar-refractivity contribution >= 4 is 0 Å². The molecule has 0 radical (unpaired) electrons. The molecular weight excluding hydrogens is 431 g/mol. The molecule has 0 N–H and O–H groups in total. The molecule has 0 aromatic heterocycles. The molecule has 4 rings (SSSR count). The van der Waals surface area contributed by atoms with Crippen LogP contribution in [0.4, 0.5) is 4.39 Å². The molecule has 0 heterocycles. The van der Waals surface area contributed by atoms with E-state index in [9.17, 15) is 4.39 Å². The minimum absolute atomic E-state index is 0.0749. The smallest absolute Gasteiger partial charge is 0.130 e. The van der Waals surface area contributed by atoms with Crippen molar-refractivity contribution in [2.24, 2.45) is 29.6 Å². The van der Waals surface area contributed by atoms with Gasteiger partial charge >= 0.3 is 0 Å². The molecule has 0 aliphatic heterocycles. The molecule has 3 saturated carbocycles. The van der Waals surface area contributed by atoms with Gasteiger partial charge in [0.25, 0.3) is 0 Å². The number of allylic oxidation sites excluding steroid dienone is 1. The Labute approximate surface area is 215 Å². The zero-order valence-electron chi connectivity index (χ0n) is 22.7. The van der Waals surface area contributed by atoms with Crippen LogP contribution in [0.3, 0.4) is 0 Å². The summed E-state index contributed by atoms with van der Waals surface area (Å²) in [7, 11) is 0. The van der Waals surface area contributed by atoms with Crippen LogP contribution in [0.2, 0.25) is 0 Å². The van der Waals surface area contributed by atoms with E-state index in [0.717, 1.165) is 48.0 Å². The number of ether oxygens (including phenoxy) is 1. The minimum Gasteiger partial charge on any atom is -0.489 e. The van der Waals surface area contributed by atoms with E-state index in [1.807, 2.05) is 31.2 Å². The van der Waals surface area contributed by atoms with Gasteiger partial charge in [-0.2, -0.15) is 0 Å². The van der Waals surface area contributed by atoms with Crippen molar-refractivity contribution < 1.29 is 9.13 Å². The second-order valence-corrected chi connectivity index (χ2v) is 12.2. The summed E-state index contributed by atoms with van der Waals surface area (Å²) in [5, 5.41) is 0. The lowest BCUT2D eigenvalue weighted by Crippen LogP contribution is -2.34. The summed E-state index contributed by atoms with van der Waals surface area (Å²) in [6.07, 6.45) is 26.5. The van der Waals surface area contributed by atoms with Crippen LogP contribution < -0.4 is 4.74 Å². The second kappa shape index (κ2) is 13.8. The van der Waals surface area contributed by atoms with Crippen LogP contribution in [0.5, 0.6) is 5.75 Å². The number of hydrogen-bond donors (Lipinski definition) is 0. The van der Waals surface area contributed by atoms with Crippen molar-refractivity contribution in [1.29, 1.82) is 0 Å². The lowest BCUT2D eigenvalue weighted by molar-refractivity contribution is 0.0612. The molecule has 1 nitrogen and oxygen atoms in total. The van der Waals surface area contributed by atoms with Gasteiger partial charge < -0.3 is 4.74 Å². The van der Waals surface area contributed by atoms with E-state index in [1.165, 1.54) is 89.9 Å². The molecule has 0 amide bonds. The van der Waals surface area contributed by atoms with Crippen LogP contribution in [0.15, 0.2) is 30.4 Å². The van der Waals surface area contributed by atoms with E-state index in [0.29, 0.717) is 18.3 Å². The molecule has 3 aliphatic carbocycles. The Balaban J connectivity index is 1.19. The first kappa shape index (κ1) is 26.7. The lowest BCUT2D eigenvalue weighted by Gasteiger charge is -2.45. The van der Waals surface area contributed by atoms with Gasteiger partial charge in [0.15, 0.2) is 0 Å². The maximum Gasteiger partial charge on any atom is 0.130 e. The molecule has 35 heavy (non-hydrogen) atoms. The average molecular weight is 483 g/mol. The molecule has 2 heteroatoms. The number of unbranched alkanes of at least 4 members (excludes halogenated alkanes) is 4. The van der Waals surface area contributed by atoms with E-state index in [4.69, 9.17) is 4.74 Å². The highest BCUT2D eigenvalue weighted by Crippen LogP contribution is 2.50. The predicted molar refractivity (Wildman–Crippen MR) is 146 cm³/mol. The molecule has 3 aliphatic rings. The lowest BCUT2D eigenvalue weighted by atomic mass is 9.60. The normalized spacial score (nSPS) is 31.4. The summed E-state index contributed by atoms with van der Waals surface area (Å²) in [4.78, 5) is 0. The van der Waals surface area contributed by atoms with E-state index in [-0.39, 0.29) is 5.82 Å². The maximum atomic E-state index is 14.8. The van der Waals surface area contributed by atoms with E-state index >= 15 is 0 Å². The topological polar surface area (TPSA) is 9.23 Å². The van der Waals surface area contributed by atoms with Crippen LogP contribution in [0, 0.1) is 35.4 Å². The highest BCUT2D eigenvalue weighted by atomic mass is 19.1. The number of rotatable bonds is 11. The number of benzene rings is 1. The van der Waals surface area contributed by atoms with Gasteiger partial charge in [0, 0.05) is 6.07 Å². The zero-order valence-corrected chi connectivity index (χ0v) is 22.7. The minimum atomic E-state index is -0.0749. The van der Waals surface area contributed by atoms with Crippen LogP contribution in [-0.4, -0.2) is 6.61 Å². The molecule has 4 unspecified atom stereocenters. The fourth-order valence-electron chi connectivity index (χ4n) is 7.82. The van der Waals surface area contributed by atoms with Gasteiger partial charge in [-0.05, 0) is 112 Å². The van der Waals surface area contributed by atoms with Crippen molar-refractivity contribution in [3.05, 3.63) is 41.7 Å². The molecule has 0 spiro atoms. The molecule has 1 aromatic rings. The molecule has 0 saturated heterocycles. The molecule has 4 atom stereocenters. The van der Waals surface area contributed by atoms with Gasteiger partial charge in [0.1, 0.15) is 18.2 Å². The Morgan fingerprint density at radius 2 is 1.51 bits per heavy atom. The Bertz CT molecular complexity index is 777. The second-order valence-electron chi connectivity index (χ2n) is 12.2. The predicted octanol–water partition coefficient (Wildman–Crippen LogP) is 10.2. The van der Waals surface area contributed by atoms with Crippen molar-refractivity contribution in [3.8, 4) is 5.75 Å². The largest absolute Gasteiger partial charge is 0.489 e. The summed E-state index contributed by atoms with van der Waals surface area (Å²) < 4.78 is 20.5. The van der Waals surface area contributed by atoms with Gasteiger partial charge in [0.2, 0.25) is 0 Å². The van der Waals surface area contributed by atoms with Gasteiger partial charge in [-0.3, -0.25) is 0 Å². The summed E-state index contributed by atoms with van der Waals surface area (Å²) in [6.45, 7) is 4.78. The standard InChI is InChI=1S/C33H51FO/c1-3-5-7-8-9-10-25-11-12-30-23-29(18-17-28(30)22-25)26-13-15-27(16-14-26)32-20-19-31(24-33(32)34)35-21-6-4-2/h4,6,19-20,24-30H,3,5,7-18,21-23H2,1-2H3/b6-4+. The van der Waals surface area contributed by atoms with Crippen LogP contribution in [0.1, 0.15) is 128 Å². The fraction of sp³-hybridized carbons (Fsp3) is 0.758. The molecule has 3 fully saturated rings. The van der Waals surface area contributed by atoms with Gasteiger partial charge in [-0.1, -0.05) is 70.1 Å². The summed E-state index contributed by atoms with van der Waals surface area (Å²) in [5.74, 6) is 5.84. The molecule has 1 aromatic carbocycles. The van der Waals surface area contributed by atoms with E-state index in [1.54, 1.807) is 6.07 Å². The Kier molecular flexibility index (Phi) is 10.6. The third-order valence-corrected chi connectivity index (χ3v) is 9.91. The van der Waals surface area contributed by atoms with Gasteiger partial charge in [-0.25, -0.2) is 4.39 Å². The summed E-state index contributed by atoms with van der Waals surface area (Å²) >= 11 is 0. The van der Waals surface area contributed by atoms with Crippen LogP contribution in [-0.2, 0) is 0 Å². The quantitative estimate of drug-likeness (QED) is 0.225. The van der Waals surface area contributed by atoms with E-state index in [2.05, 4.69) is 6.92 Å². The first-order valence-electron chi connectivity index (χ1n) is 15.2. The van der Waals surface area contributed by atoms with Crippen molar-refractivity contribution in [2.45, 2.75) is 122 Å². The monoisotopic (exact) mass is 482 g/mol. The third kappa shape index (κ3) is 7.59. The molecule has 196 valence electrons. The number of fused-ring (bicyclic) bond motifs is 1. The maximum absolute atomic E-state index is 14.8. The Hall–Kier alpha value is -1.31. The highest BCUT2D eigenvalue weighted by molar-refractivity contribution is 5.31. The Morgan fingerprint density at radius 3 is 2.26 bits per heavy atom. The molecular formula is C33H51FO. The summed E-state index contributed by atoms with van der Waals surface area (Å²) in [5.41, 5.74) is 0.915. The van der Waals surface area contributed by atoms with Crippen molar-refractivity contribution in [2.75, 3.05) is 6.61 Å². The van der Waals surface area contributed by atoms with Gasteiger partial charge in [0.05, 0.1) is 0 Å². The zero-order chi connectivity index (χ0) is 24.5. The molecule has 0 bridgehead atoms. The first-order valence-corrected chi connectivity index (χ1v) is 15.2. The van der Waals surface area contributed by atoms with Crippen molar-refractivity contribution in [3.63, 3.8) is 0 Å². The fourth-order valence-corrected chi connectivity index (χ4v) is 7.82.